The lowest BCUT2D eigenvalue weighted by Gasteiger charge is -2.11. The molecule has 0 aliphatic rings. The summed E-state index contributed by atoms with van der Waals surface area (Å²) in [4.78, 5) is 12.4. The monoisotopic (exact) mass is 394 g/mol. The Kier molecular flexibility index (Phi) is 7.17. The third kappa shape index (κ3) is 5.43. The zero-order chi connectivity index (χ0) is 19.9. The van der Waals surface area contributed by atoms with Crippen LogP contribution in [0, 0.1) is 0 Å². The fourth-order valence-electron chi connectivity index (χ4n) is 2.26. The summed E-state index contributed by atoms with van der Waals surface area (Å²) in [5, 5.41) is 2.73. The Labute approximate surface area is 158 Å². The quantitative estimate of drug-likeness (QED) is 0.630. The molecule has 1 amide bonds. The maximum Gasteiger partial charge on any atom is 0.255 e. The Morgan fingerprint density at radius 3 is 2.22 bits per heavy atom. The van der Waals surface area contributed by atoms with Crippen LogP contribution >= 0.6 is 0 Å². The Balaban J connectivity index is 2.09. The Hall–Kier alpha value is -2.62. The van der Waals surface area contributed by atoms with Gasteiger partial charge in [0.25, 0.3) is 5.91 Å². The molecule has 0 heterocycles. The number of benzene rings is 2. The number of hydrogen-bond donors (Lipinski definition) is 2. The number of carbonyl (C=O) groups is 1. The molecule has 0 bridgehead atoms. The SMILES string of the molecule is COCCNS(=O)(=O)c1ccc(C(=O)Nc2ccc(OC)c(OC)c2)cc1. The minimum atomic E-state index is -3.64. The van der Waals surface area contributed by atoms with Gasteiger partial charge in [-0.2, -0.15) is 0 Å². The molecule has 0 saturated heterocycles. The highest BCUT2D eigenvalue weighted by Gasteiger charge is 2.15. The number of nitrogens with one attached hydrogen (secondary N) is 2. The molecule has 0 radical (unpaired) electrons. The molecule has 0 spiro atoms. The smallest absolute Gasteiger partial charge is 0.255 e. The molecule has 2 N–H and O–H groups in total. The number of methoxy groups -OCH3 is 3. The minimum Gasteiger partial charge on any atom is -0.493 e. The third-order valence-electron chi connectivity index (χ3n) is 3.67. The molecule has 0 aliphatic heterocycles. The van der Waals surface area contributed by atoms with Crippen molar-refractivity contribution in [3.05, 3.63) is 48.0 Å². The van der Waals surface area contributed by atoms with Crippen molar-refractivity contribution in [2.45, 2.75) is 4.90 Å². The van der Waals surface area contributed by atoms with E-state index in [1.165, 1.54) is 45.6 Å². The molecule has 0 atom stereocenters. The fourth-order valence-corrected chi connectivity index (χ4v) is 3.28. The van der Waals surface area contributed by atoms with Gasteiger partial charge >= 0.3 is 0 Å². The van der Waals surface area contributed by atoms with Gasteiger partial charge in [-0.15, -0.1) is 0 Å². The van der Waals surface area contributed by atoms with Crippen LogP contribution in [0.2, 0.25) is 0 Å². The Morgan fingerprint density at radius 1 is 0.963 bits per heavy atom. The van der Waals surface area contributed by atoms with Crippen LogP contribution in [0.3, 0.4) is 0 Å². The molecule has 2 aromatic rings. The maximum atomic E-state index is 12.4. The summed E-state index contributed by atoms with van der Waals surface area (Å²) in [5.41, 5.74) is 0.844. The summed E-state index contributed by atoms with van der Waals surface area (Å²) in [6.07, 6.45) is 0. The molecule has 0 unspecified atom stereocenters. The van der Waals surface area contributed by atoms with E-state index in [0.717, 1.165) is 0 Å². The van der Waals surface area contributed by atoms with Crippen molar-refractivity contribution in [3.8, 4) is 11.5 Å². The van der Waals surface area contributed by atoms with Crippen LogP contribution in [0.4, 0.5) is 5.69 Å². The number of amides is 1. The largest absolute Gasteiger partial charge is 0.493 e. The molecule has 27 heavy (non-hydrogen) atoms. The van der Waals surface area contributed by atoms with E-state index in [-0.39, 0.29) is 24.0 Å². The van der Waals surface area contributed by atoms with Gasteiger partial charge in [-0.25, -0.2) is 13.1 Å². The molecule has 8 nitrogen and oxygen atoms in total. The molecule has 2 aromatic carbocycles. The Morgan fingerprint density at radius 2 is 1.63 bits per heavy atom. The van der Waals surface area contributed by atoms with Crippen LogP contribution < -0.4 is 19.5 Å². The zero-order valence-electron chi connectivity index (χ0n) is 15.3. The first-order valence-corrected chi connectivity index (χ1v) is 9.51. The van der Waals surface area contributed by atoms with Crippen LogP contribution in [0.5, 0.6) is 11.5 Å². The van der Waals surface area contributed by atoms with Crippen LogP contribution in [-0.2, 0) is 14.8 Å². The lowest BCUT2D eigenvalue weighted by atomic mass is 10.2. The molecule has 0 aromatic heterocycles. The molecule has 0 saturated carbocycles. The minimum absolute atomic E-state index is 0.0706. The maximum absolute atomic E-state index is 12.4. The third-order valence-corrected chi connectivity index (χ3v) is 5.14. The highest BCUT2D eigenvalue weighted by atomic mass is 32.2. The van der Waals surface area contributed by atoms with Crippen molar-refractivity contribution in [3.63, 3.8) is 0 Å². The standard InChI is InChI=1S/C18H22N2O6S/c1-24-11-10-19-27(22,23)15-7-4-13(5-8-15)18(21)20-14-6-9-16(25-2)17(12-14)26-3/h4-9,12,19H,10-11H2,1-3H3,(H,20,21). The zero-order valence-corrected chi connectivity index (χ0v) is 16.1. The number of ether oxygens (including phenoxy) is 3. The highest BCUT2D eigenvalue weighted by Crippen LogP contribution is 2.29. The van der Waals surface area contributed by atoms with E-state index in [9.17, 15) is 13.2 Å². The summed E-state index contributed by atoms with van der Waals surface area (Å²) in [5.74, 6) is 0.656. The summed E-state index contributed by atoms with van der Waals surface area (Å²) < 4.78 is 41.8. The van der Waals surface area contributed by atoms with Gasteiger partial charge in [-0.05, 0) is 36.4 Å². The molecule has 0 aliphatic carbocycles. The summed E-state index contributed by atoms with van der Waals surface area (Å²) in [6.45, 7) is 0.436. The van der Waals surface area contributed by atoms with Gasteiger partial charge in [-0.3, -0.25) is 4.79 Å². The average Bonchev–Trinajstić information content (AvgIpc) is 2.68. The molecular formula is C18H22N2O6S. The van der Waals surface area contributed by atoms with Gasteiger partial charge < -0.3 is 19.5 Å². The van der Waals surface area contributed by atoms with Crippen molar-refractivity contribution in [2.24, 2.45) is 0 Å². The summed E-state index contributed by atoms with van der Waals surface area (Å²) in [6, 6.07) is 10.6. The van der Waals surface area contributed by atoms with Crippen LogP contribution in [0.1, 0.15) is 10.4 Å². The van der Waals surface area contributed by atoms with Gasteiger partial charge in [0.1, 0.15) is 0 Å². The normalized spacial score (nSPS) is 11.1. The second-order valence-electron chi connectivity index (χ2n) is 5.44. The van der Waals surface area contributed by atoms with Crippen molar-refractivity contribution in [1.29, 1.82) is 0 Å². The van der Waals surface area contributed by atoms with Crippen LogP contribution in [0.15, 0.2) is 47.4 Å². The number of hydrogen-bond acceptors (Lipinski definition) is 6. The van der Waals surface area contributed by atoms with Gasteiger partial charge in [0.2, 0.25) is 10.0 Å². The molecular weight excluding hydrogens is 372 g/mol. The van der Waals surface area contributed by atoms with E-state index in [1.54, 1.807) is 18.2 Å². The van der Waals surface area contributed by atoms with E-state index < -0.39 is 10.0 Å². The van der Waals surface area contributed by atoms with Crippen molar-refractivity contribution in [2.75, 3.05) is 39.8 Å². The highest BCUT2D eigenvalue weighted by molar-refractivity contribution is 7.89. The Bertz CT molecular complexity index is 881. The van der Waals surface area contributed by atoms with Crippen LogP contribution in [-0.4, -0.2) is 48.8 Å². The van der Waals surface area contributed by atoms with E-state index in [1.807, 2.05) is 0 Å². The van der Waals surface area contributed by atoms with Crippen molar-refractivity contribution in [1.82, 2.24) is 4.72 Å². The first-order chi connectivity index (χ1) is 12.9. The van der Waals surface area contributed by atoms with E-state index >= 15 is 0 Å². The van der Waals surface area contributed by atoms with Gasteiger partial charge in [0.05, 0.1) is 25.7 Å². The van der Waals surface area contributed by atoms with E-state index in [4.69, 9.17) is 14.2 Å². The van der Waals surface area contributed by atoms with E-state index in [0.29, 0.717) is 22.7 Å². The van der Waals surface area contributed by atoms with Gasteiger partial charge in [0, 0.05) is 31.0 Å². The lowest BCUT2D eigenvalue weighted by Crippen LogP contribution is -2.27. The number of carbonyl (C=O) groups excluding carboxylic acids is 1. The fraction of sp³-hybridized carbons (Fsp3) is 0.278. The molecule has 146 valence electrons. The molecule has 0 fully saturated rings. The number of sulfonamides is 1. The summed E-state index contributed by atoms with van der Waals surface area (Å²) in [7, 11) is 0.870. The van der Waals surface area contributed by atoms with Crippen molar-refractivity contribution >= 4 is 21.6 Å². The number of anilines is 1. The molecule has 9 heteroatoms. The van der Waals surface area contributed by atoms with Gasteiger partial charge in [-0.1, -0.05) is 0 Å². The van der Waals surface area contributed by atoms with Gasteiger partial charge in [0.15, 0.2) is 11.5 Å². The van der Waals surface area contributed by atoms with E-state index in [2.05, 4.69) is 10.0 Å². The number of rotatable bonds is 9. The second kappa shape index (κ2) is 9.36. The first kappa shape index (κ1) is 20.7. The predicted molar refractivity (Wildman–Crippen MR) is 101 cm³/mol. The van der Waals surface area contributed by atoms with Crippen molar-refractivity contribution < 1.29 is 27.4 Å². The topological polar surface area (TPSA) is 103 Å². The lowest BCUT2D eigenvalue weighted by molar-refractivity contribution is 0.102. The second-order valence-corrected chi connectivity index (χ2v) is 7.21. The predicted octanol–water partition coefficient (Wildman–Crippen LogP) is 1.88. The first-order valence-electron chi connectivity index (χ1n) is 8.03. The summed E-state index contributed by atoms with van der Waals surface area (Å²) >= 11 is 0. The van der Waals surface area contributed by atoms with Crippen LogP contribution in [0.25, 0.3) is 0 Å². The molecule has 2 rings (SSSR count). The average molecular weight is 394 g/mol.